The molecule has 4 heteroatoms. The summed E-state index contributed by atoms with van der Waals surface area (Å²) in [6.07, 6.45) is -2.60. The van der Waals surface area contributed by atoms with Crippen LogP contribution in [0.1, 0.15) is 13.8 Å². The normalized spacial score (nSPS) is 49.2. The van der Waals surface area contributed by atoms with Crippen LogP contribution in [-0.4, -0.2) is 47.8 Å². The molecule has 0 aromatic carbocycles. The quantitative estimate of drug-likeness (QED) is 0.567. The molecule has 0 unspecified atom stereocenters. The molecule has 72 valence electrons. The molecule has 0 radical (unpaired) electrons. The zero-order valence-electron chi connectivity index (χ0n) is 7.60. The van der Waals surface area contributed by atoms with Crippen LogP contribution < -0.4 is 0 Å². The molecule has 2 N–H and O–H groups in total. The summed E-state index contributed by atoms with van der Waals surface area (Å²) in [7, 11) is 1.47. The first-order valence-electron chi connectivity index (χ1n) is 4.12. The van der Waals surface area contributed by atoms with Crippen LogP contribution in [0.3, 0.4) is 0 Å². The molecule has 0 saturated carbocycles. The molecule has 0 amide bonds. The molecule has 0 bridgehead atoms. The average molecular weight is 176 g/mol. The fraction of sp³-hybridized carbons (Fsp3) is 1.00. The minimum Gasteiger partial charge on any atom is -0.388 e. The standard InChI is InChI=1S/C8H16O4/c1-4-6(9)8(11-3)7(10)5(2)12-4/h4-10H,1-3H3/t4-,5-,6-,7+,8+/m0/s1. The molecule has 0 spiro atoms. The molecule has 1 saturated heterocycles. The minimum absolute atomic E-state index is 0.284. The van der Waals surface area contributed by atoms with Crippen LogP contribution in [0.15, 0.2) is 0 Å². The fourth-order valence-electron chi connectivity index (χ4n) is 1.51. The zero-order chi connectivity index (χ0) is 9.30. The molecule has 1 aliphatic rings. The van der Waals surface area contributed by atoms with Gasteiger partial charge in [-0.15, -0.1) is 0 Å². The predicted molar refractivity (Wildman–Crippen MR) is 42.8 cm³/mol. The molecule has 1 heterocycles. The lowest BCUT2D eigenvalue weighted by Gasteiger charge is -2.39. The smallest absolute Gasteiger partial charge is 0.114 e. The molecule has 0 aliphatic carbocycles. The van der Waals surface area contributed by atoms with Gasteiger partial charge in [-0.2, -0.15) is 0 Å². The van der Waals surface area contributed by atoms with Crippen molar-refractivity contribution in [3.05, 3.63) is 0 Å². The van der Waals surface area contributed by atoms with E-state index in [0.29, 0.717) is 0 Å². The molecule has 1 rings (SSSR count). The maximum absolute atomic E-state index is 9.52. The van der Waals surface area contributed by atoms with Gasteiger partial charge in [0.25, 0.3) is 0 Å². The number of rotatable bonds is 1. The molecule has 1 fully saturated rings. The second kappa shape index (κ2) is 3.70. The lowest BCUT2D eigenvalue weighted by atomic mass is 9.96. The van der Waals surface area contributed by atoms with E-state index >= 15 is 0 Å². The van der Waals surface area contributed by atoms with Gasteiger partial charge in [0.1, 0.15) is 18.3 Å². The summed E-state index contributed by atoms with van der Waals surface area (Å²) in [4.78, 5) is 0. The van der Waals surface area contributed by atoms with Gasteiger partial charge in [-0.3, -0.25) is 0 Å². The van der Waals surface area contributed by atoms with E-state index < -0.39 is 18.3 Å². The Labute approximate surface area is 72.1 Å². The van der Waals surface area contributed by atoms with Gasteiger partial charge >= 0.3 is 0 Å². The van der Waals surface area contributed by atoms with E-state index in [1.165, 1.54) is 7.11 Å². The van der Waals surface area contributed by atoms with Crippen molar-refractivity contribution in [2.75, 3.05) is 7.11 Å². The van der Waals surface area contributed by atoms with E-state index in [4.69, 9.17) is 9.47 Å². The van der Waals surface area contributed by atoms with Crippen LogP contribution in [0.4, 0.5) is 0 Å². The Bertz CT molecular complexity index is 136. The van der Waals surface area contributed by atoms with E-state index in [9.17, 15) is 10.2 Å². The van der Waals surface area contributed by atoms with Gasteiger partial charge in [-0.25, -0.2) is 0 Å². The van der Waals surface area contributed by atoms with E-state index in [-0.39, 0.29) is 12.2 Å². The molecule has 0 aromatic rings. The van der Waals surface area contributed by atoms with E-state index in [0.717, 1.165) is 0 Å². The Morgan fingerprint density at radius 2 is 1.50 bits per heavy atom. The summed E-state index contributed by atoms with van der Waals surface area (Å²) in [6.45, 7) is 3.53. The first-order valence-corrected chi connectivity index (χ1v) is 4.12. The molecule has 0 aromatic heterocycles. The van der Waals surface area contributed by atoms with Crippen LogP contribution in [0.5, 0.6) is 0 Å². The van der Waals surface area contributed by atoms with E-state index in [1.807, 2.05) is 0 Å². The van der Waals surface area contributed by atoms with E-state index in [1.54, 1.807) is 13.8 Å². The van der Waals surface area contributed by atoms with Gasteiger partial charge in [0.2, 0.25) is 0 Å². The Balaban J connectivity index is 2.67. The largest absolute Gasteiger partial charge is 0.388 e. The molecule has 12 heavy (non-hydrogen) atoms. The number of hydrogen-bond donors (Lipinski definition) is 2. The van der Waals surface area contributed by atoms with Crippen molar-refractivity contribution >= 4 is 0 Å². The Morgan fingerprint density at radius 3 is 1.83 bits per heavy atom. The van der Waals surface area contributed by atoms with Crippen LogP contribution in [0.25, 0.3) is 0 Å². The van der Waals surface area contributed by atoms with Crippen molar-refractivity contribution < 1.29 is 19.7 Å². The molecular weight excluding hydrogens is 160 g/mol. The van der Waals surface area contributed by atoms with Gasteiger partial charge in [0, 0.05) is 7.11 Å². The highest BCUT2D eigenvalue weighted by molar-refractivity contribution is 4.89. The number of aliphatic hydroxyl groups is 2. The first-order chi connectivity index (χ1) is 5.57. The second-order valence-corrected chi connectivity index (χ2v) is 3.23. The van der Waals surface area contributed by atoms with Crippen LogP contribution in [0, 0.1) is 0 Å². The maximum Gasteiger partial charge on any atom is 0.114 e. The molecule has 4 nitrogen and oxygen atoms in total. The lowest BCUT2D eigenvalue weighted by Crippen LogP contribution is -2.56. The third-order valence-electron chi connectivity index (χ3n) is 2.34. The highest BCUT2D eigenvalue weighted by Gasteiger charge is 2.40. The summed E-state index contributed by atoms with van der Waals surface area (Å²) in [5, 5.41) is 19.0. The van der Waals surface area contributed by atoms with Crippen LogP contribution in [-0.2, 0) is 9.47 Å². The van der Waals surface area contributed by atoms with Gasteiger partial charge in [-0.1, -0.05) is 0 Å². The highest BCUT2D eigenvalue weighted by Crippen LogP contribution is 2.22. The first kappa shape index (κ1) is 9.92. The summed E-state index contributed by atoms with van der Waals surface area (Å²) in [5.41, 5.74) is 0. The minimum atomic E-state index is -0.749. The second-order valence-electron chi connectivity index (χ2n) is 3.23. The van der Waals surface area contributed by atoms with Crippen molar-refractivity contribution in [1.29, 1.82) is 0 Å². The Kier molecular flexibility index (Phi) is 3.06. The Morgan fingerprint density at radius 1 is 1.08 bits per heavy atom. The van der Waals surface area contributed by atoms with Crippen molar-refractivity contribution in [1.82, 2.24) is 0 Å². The van der Waals surface area contributed by atoms with Gasteiger partial charge in [0.05, 0.1) is 12.2 Å². The third-order valence-corrected chi connectivity index (χ3v) is 2.34. The van der Waals surface area contributed by atoms with Crippen LogP contribution >= 0.6 is 0 Å². The lowest BCUT2D eigenvalue weighted by molar-refractivity contribution is -0.219. The number of aliphatic hydroxyl groups excluding tert-OH is 2. The SMILES string of the molecule is CO[C@@H]1[C@@H](O)[C@H](C)O[C@@H](C)[C@H]1O. The number of methoxy groups -OCH3 is 1. The maximum atomic E-state index is 9.52. The average Bonchev–Trinajstić information content (AvgIpc) is 2.02. The van der Waals surface area contributed by atoms with Crippen molar-refractivity contribution in [2.24, 2.45) is 0 Å². The van der Waals surface area contributed by atoms with Gasteiger partial charge < -0.3 is 19.7 Å². The Hall–Kier alpha value is -0.160. The van der Waals surface area contributed by atoms with Crippen molar-refractivity contribution in [3.63, 3.8) is 0 Å². The van der Waals surface area contributed by atoms with E-state index in [2.05, 4.69) is 0 Å². The monoisotopic (exact) mass is 176 g/mol. The highest BCUT2D eigenvalue weighted by atomic mass is 16.6. The van der Waals surface area contributed by atoms with Crippen molar-refractivity contribution in [3.8, 4) is 0 Å². The number of ether oxygens (including phenoxy) is 2. The molecule has 1 aliphatic heterocycles. The predicted octanol–water partition coefficient (Wildman–Crippen LogP) is -0.470. The van der Waals surface area contributed by atoms with Crippen molar-refractivity contribution in [2.45, 2.75) is 44.4 Å². The summed E-state index contributed by atoms with van der Waals surface area (Å²) in [5.74, 6) is 0. The van der Waals surface area contributed by atoms with Gasteiger partial charge in [0.15, 0.2) is 0 Å². The van der Waals surface area contributed by atoms with Crippen LogP contribution in [0.2, 0.25) is 0 Å². The topological polar surface area (TPSA) is 58.9 Å². The fourth-order valence-corrected chi connectivity index (χ4v) is 1.51. The molecule has 5 atom stereocenters. The molecular formula is C8H16O4. The summed E-state index contributed by atoms with van der Waals surface area (Å²) in [6, 6.07) is 0. The summed E-state index contributed by atoms with van der Waals surface area (Å²) >= 11 is 0. The third kappa shape index (κ3) is 1.61. The number of hydrogen-bond acceptors (Lipinski definition) is 4. The zero-order valence-corrected chi connectivity index (χ0v) is 7.60. The summed E-state index contributed by atoms with van der Waals surface area (Å²) < 4.78 is 10.2. The van der Waals surface area contributed by atoms with Gasteiger partial charge in [-0.05, 0) is 13.8 Å².